The van der Waals surface area contributed by atoms with Crippen molar-refractivity contribution >= 4 is 27.3 Å². The summed E-state index contributed by atoms with van der Waals surface area (Å²) in [4.78, 5) is 14.5. The maximum atomic E-state index is 12.7. The average molecular weight is 342 g/mol. The molecule has 1 amide bonds. The van der Waals surface area contributed by atoms with Crippen molar-refractivity contribution in [2.45, 2.75) is 26.2 Å². The topological polar surface area (TPSA) is 54.5 Å². The van der Waals surface area contributed by atoms with Gasteiger partial charge in [0, 0.05) is 18.5 Å². The second-order valence-electron chi connectivity index (χ2n) is 6.66. The smallest absolute Gasteiger partial charge is 0.255 e. The van der Waals surface area contributed by atoms with Crippen molar-refractivity contribution < 1.29 is 13.2 Å². The zero-order valence-corrected chi connectivity index (χ0v) is 14.2. The molecule has 1 aromatic rings. The Morgan fingerprint density at radius 1 is 1.32 bits per heavy atom. The molecule has 2 aliphatic rings. The van der Waals surface area contributed by atoms with Crippen LogP contribution in [0.4, 0.5) is 0 Å². The Morgan fingerprint density at radius 2 is 2.09 bits per heavy atom. The molecule has 6 heteroatoms. The number of halogens is 1. The van der Waals surface area contributed by atoms with E-state index in [4.69, 9.17) is 11.6 Å². The molecule has 2 fully saturated rings. The number of sulfone groups is 1. The van der Waals surface area contributed by atoms with Gasteiger partial charge in [0.05, 0.1) is 22.1 Å². The number of hydrogen-bond acceptors (Lipinski definition) is 3. The Bertz CT molecular complexity index is 716. The third-order valence-electron chi connectivity index (χ3n) is 4.77. The number of likely N-dealkylation sites (tertiary alicyclic amines) is 1. The van der Waals surface area contributed by atoms with Gasteiger partial charge in [-0.25, -0.2) is 8.42 Å². The van der Waals surface area contributed by atoms with Crippen molar-refractivity contribution in [3.05, 3.63) is 34.3 Å². The number of rotatable bonds is 1. The van der Waals surface area contributed by atoms with Crippen LogP contribution in [0.1, 0.15) is 35.2 Å². The van der Waals surface area contributed by atoms with Crippen molar-refractivity contribution in [3.63, 3.8) is 0 Å². The van der Waals surface area contributed by atoms with Crippen LogP contribution in [0.5, 0.6) is 0 Å². The van der Waals surface area contributed by atoms with E-state index in [9.17, 15) is 13.2 Å². The largest absolute Gasteiger partial charge is 0.338 e. The molecule has 120 valence electrons. The number of hydrogen-bond donors (Lipinski definition) is 0. The molecule has 0 saturated carbocycles. The molecule has 0 aliphatic carbocycles. The molecule has 2 aliphatic heterocycles. The molecule has 1 aromatic carbocycles. The minimum absolute atomic E-state index is 0.0895. The van der Waals surface area contributed by atoms with Crippen LogP contribution in [-0.2, 0) is 9.84 Å². The van der Waals surface area contributed by atoms with Gasteiger partial charge in [-0.2, -0.15) is 0 Å². The van der Waals surface area contributed by atoms with Crippen molar-refractivity contribution in [2.24, 2.45) is 5.41 Å². The van der Waals surface area contributed by atoms with Crippen LogP contribution in [0.15, 0.2) is 18.2 Å². The molecule has 22 heavy (non-hydrogen) atoms. The Hall–Kier alpha value is -1.07. The van der Waals surface area contributed by atoms with Gasteiger partial charge in [0.2, 0.25) is 0 Å². The van der Waals surface area contributed by atoms with Gasteiger partial charge < -0.3 is 4.90 Å². The van der Waals surface area contributed by atoms with Crippen molar-refractivity contribution in [3.8, 4) is 0 Å². The van der Waals surface area contributed by atoms with Gasteiger partial charge in [0.25, 0.3) is 5.91 Å². The van der Waals surface area contributed by atoms with Crippen LogP contribution in [0.2, 0.25) is 5.02 Å². The minimum atomic E-state index is -2.95. The van der Waals surface area contributed by atoms with E-state index in [1.54, 1.807) is 17.0 Å². The molecule has 2 saturated heterocycles. The van der Waals surface area contributed by atoms with E-state index in [-0.39, 0.29) is 22.8 Å². The summed E-state index contributed by atoms with van der Waals surface area (Å²) < 4.78 is 23.6. The highest BCUT2D eigenvalue weighted by molar-refractivity contribution is 7.91. The van der Waals surface area contributed by atoms with Gasteiger partial charge in [-0.05, 0) is 43.9 Å². The molecule has 1 spiro atoms. The van der Waals surface area contributed by atoms with Gasteiger partial charge in [-0.3, -0.25) is 4.79 Å². The molecule has 2 heterocycles. The molecule has 0 aromatic heterocycles. The normalized spacial score (nSPS) is 27.3. The standard InChI is InChI=1S/C16H20ClNO3S/c1-12-3-4-13(14(17)9-12)15(19)18-7-2-5-16(10-18)6-8-22(20,21)11-16/h3-4,9H,2,5-8,10-11H2,1H3/t16-/m1/s1. The molecule has 3 rings (SSSR count). The maximum absolute atomic E-state index is 12.7. The molecule has 0 N–H and O–H groups in total. The Balaban J connectivity index is 1.82. The predicted molar refractivity (Wildman–Crippen MR) is 87.0 cm³/mol. The first-order valence-corrected chi connectivity index (χ1v) is 9.76. The first kappa shape index (κ1) is 15.8. The lowest BCUT2D eigenvalue weighted by atomic mass is 9.79. The van der Waals surface area contributed by atoms with Crippen LogP contribution in [0.3, 0.4) is 0 Å². The zero-order valence-electron chi connectivity index (χ0n) is 12.6. The summed E-state index contributed by atoms with van der Waals surface area (Å²) in [5.41, 5.74) is 1.27. The summed E-state index contributed by atoms with van der Waals surface area (Å²) in [5, 5.41) is 0.462. The number of benzene rings is 1. The number of carbonyl (C=O) groups is 1. The lowest BCUT2D eigenvalue weighted by molar-refractivity contribution is 0.0564. The maximum Gasteiger partial charge on any atom is 0.255 e. The third-order valence-corrected chi connectivity index (χ3v) is 6.96. The van der Waals surface area contributed by atoms with E-state index < -0.39 is 9.84 Å². The van der Waals surface area contributed by atoms with Gasteiger partial charge in [0.15, 0.2) is 9.84 Å². The number of aryl methyl sites for hydroxylation is 1. The SMILES string of the molecule is Cc1ccc(C(=O)N2CCC[C@@]3(CCS(=O)(=O)C3)C2)c(Cl)c1. The monoisotopic (exact) mass is 341 g/mol. The van der Waals surface area contributed by atoms with E-state index in [1.165, 1.54) is 0 Å². The van der Waals surface area contributed by atoms with Gasteiger partial charge >= 0.3 is 0 Å². The summed E-state index contributed by atoms with van der Waals surface area (Å²) in [5.74, 6) is 0.375. The molecule has 4 nitrogen and oxygen atoms in total. The lowest BCUT2D eigenvalue weighted by Gasteiger charge is -2.39. The van der Waals surface area contributed by atoms with Crippen LogP contribution in [0.25, 0.3) is 0 Å². The van der Waals surface area contributed by atoms with E-state index in [2.05, 4.69) is 0 Å². The van der Waals surface area contributed by atoms with Crippen molar-refractivity contribution in [2.75, 3.05) is 24.6 Å². The molecule has 0 radical (unpaired) electrons. The molecular formula is C16H20ClNO3S. The lowest BCUT2D eigenvalue weighted by Crippen LogP contribution is -2.46. The fraction of sp³-hybridized carbons (Fsp3) is 0.562. The Labute approximate surface area is 136 Å². The van der Waals surface area contributed by atoms with E-state index in [1.807, 2.05) is 13.0 Å². The van der Waals surface area contributed by atoms with Gasteiger partial charge in [0.1, 0.15) is 0 Å². The summed E-state index contributed by atoms with van der Waals surface area (Å²) in [6.07, 6.45) is 2.41. The van der Waals surface area contributed by atoms with Crippen molar-refractivity contribution in [1.82, 2.24) is 4.90 Å². The number of carbonyl (C=O) groups excluding carboxylic acids is 1. The number of piperidine rings is 1. The second kappa shape index (κ2) is 5.53. The van der Waals surface area contributed by atoms with E-state index in [0.29, 0.717) is 30.1 Å². The quantitative estimate of drug-likeness (QED) is 0.789. The van der Waals surface area contributed by atoms with Crippen molar-refractivity contribution in [1.29, 1.82) is 0 Å². The van der Waals surface area contributed by atoms with Gasteiger partial charge in [-0.15, -0.1) is 0 Å². The summed E-state index contributed by atoms with van der Waals surface area (Å²) in [7, 11) is -2.95. The van der Waals surface area contributed by atoms with Crippen LogP contribution in [0, 0.1) is 12.3 Å². The predicted octanol–water partition coefficient (Wildman–Crippen LogP) is 2.69. The van der Waals surface area contributed by atoms with Crippen LogP contribution in [-0.4, -0.2) is 43.8 Å². The third kappa shape index (κ3) is 3.01. The summed E-state index contributed by atoms with van der Waals surface area (Å²) >= 11 is 6.20. The number of amides is 1. The molecular weight excluding hydrogens is 322 g/mol. The van der Waals surface area contributed by atoms with Gasteiger partial charge in [-0.1, -0.05) is 17.7 Å². The van der Waals surface area contributed by atoms with E-state index >= 15 is 0 Å². The molecule has 0 bridgehead atoms. The molecule has 1 atom stereocenters. The number of nitrogens with zero attached hydrogens (tertiary/aromatic N) is 1. The first-order valence-electron chi connectivity index (χ1n) is 7.56. The van der Waals surface area contributed by atoms with Crippen LogP contribution >= 0.6 is 11.6 Å². The van der Waals surface area contributed by atoms with Crippen LogP contribution < -0.4 is 0 Å². The zero-order chi connectivity index (χ0) is 16.0. The fourth-order valence-electron chi connectivity index (χ4n) is 3.65. The highest BCUT2D eigenvalue weighted by Gasteiger charge is 2.45. The fourth-order valence-corrected chi connectivity index (χ4v) is 6.17. The highest BCUT2D eigenvalue weighted by Crippen LogP contribution is 2.40. The van der Waals surface area contributed by atoms with E-state index in [0.717, 1.165) is 18.4 Å². The molecule has 0 unspecified atom stereocenters. The first-order chi connectivity index (χ1) is 10.3. The highest BCUT2D eigenvalue weighted by atomic mass is 35.5. The summed E-state index contributed by atoms with van der Waals surface area (Å²) in [6.45, 7) is 3.12. The average Bonchev–Trinajstić information content (AvgIpc) is 2.73. The second-order valence-corrected chi connectivity index (χ2v) is 9.25. The Morgan fingerprint density at radius 3 is 2.73 bits per heavy atom. The Kier molecular flexibility index (Phi) is 3.98. The minimum Gasteiger partial charge on any atom is -0.338 e. The summed E-state index contributed by atoms with van der Waals surface area (Å²) in [6, 6.07) is 5.42.